The Labute approximate surface area is 136 Å². The van der Waals surface area contributed by atoms with Crippen LogP contribution >= 0.6 is 0 Å². The predicted molar refractivity (Wildman–Crippen MR) is 81.8 cm³/mol. The molecule has 5 nitrogen and oxygen atoms in total. The monoisotopic (exact) mass is 342 g/mol. The van der Waals surface area contributed by atoms with Crippen molar-refractivity contribution in [2.24, 2.45) is 0 Å². The van der Waals surface area contributed by atoms with Gasteiger partial charge in [-0.1, -0.05) is 18.2 Å². The van der Waals surface area contributed by atoms with Gasteiger partial charge in [-0.15, -0.1) is 0 Å². The fourth-order valence-electron chi connectivity index (χ4n) is 2.37. The van der Waals surface area contributed by atoms with Gasteiger partial charge < -0.3 is 14.6 Å². The zero-order chi connectivity index (χ0) is 17.7. The van der Waals surface area contributed by atoms with Crippen molar-refractivity contribution in [3.63, 3.8) is 0 Å². The SMILES string of the molecule is COCCCNC(=O)Cn1cc(C(=O)C(F)(F)F)c2ccccc21. The molecule has 0 aliphatic rings. The summed E-state index contributed by atoms with van der Waals surface area (Å²) in [6.45, 7) is 0.732. The zero-order valence-electron chi connectivity index (χ0n) is 13.0. The lowest BCUT2D eigenvalue weighted by molar-refractivity contribution is -0.121. The molecular formula is C16H17F3N2O3. The van der Waals surface area contributed by atoms with Gasteiger partial charge in [-0.25, -0.2) is 0 Å². The van der Waals surface area contributed by atoms with E-state index in [0.717, 1.165) is 6.20 Å². The largest absolute Gasteiger partial charge is 0.454 e. The van der Waals surface area contributed by atoms with E-state index in [1.54, 1.807) is 25.3 Å². The lowest BCUT2D eigenvalue weighted by atomic mass is 10.1. The fourth-order valence-corrected chi connectivity index (χ4v) is 2.37. The summed E-state index contributed by atoms with van der Waals surface area (Å²) in [6.07, 6.45) is -3.25. The molecule has 1 N–H and O–H groups in total. The smallest absolute Gasteiger partial charge is 0.385 e. The molecule has 0 atom stereocenters. The van der Waals surface area contributed by atoms with E-state index in [4.69, 9.17) is 4.74 Å². The molecule has 1 aromatic carbocycles. The summed E-state index contributed by atoms with van der Waals surface area (Å²) in [5, 5.41) is 2.83. The first-order valence-electron chi connectivity index (χ1n) is 7.29. The number of rotatable bonds is 7. The second-order valence-electron chi connectivity index (χ2n) is 5.21. The highest BCUT2D eigenvalue weighted by molar-refractivity contribution is 6.10. The molecule has 0 bridgehead atoms. The van der Waals surface area contributed by atoms with Gasteiger partial charge in [-0.2, -0.15) is 13.2 Å². The molecule has 0 fully saturated rings. The van der Waals surface area contributed by atoms with Crippen molar-refractivity contribution in [1.29, 1.82) is 0 Å². The average Bonchev–Trinajstić information content (AvgIpc) is 2.89. The van der Waals surface area contributed by atoms with Crippen LogP contribution in [-0.2, 0) is 16.1 Å². The number of carbonyl (C=O) groups excluding carboxylic acids is 2. The molecule has 1 amide bonds. The quantitative estimate of drug-likeness (QED) is 0.621. The van der Waals surface area contributed by atoms with Gasteiger partial charge in [0.05, 0.1) is 5.56 Å². The minimum Gasteiger partial charge on any atom is -0.385 e. The van der Waals surface area contributed by atoms with Gasteiger partial charge in [0.2, 0.25) is 5.91 Å². The minimum atomic E-state index is -4.96. The van der Waals surface area contributed by atoms with E-state index in [-0.39, 0.29) is 17.8 Å². The number of hydrogen-bond donors (Lipinski definition) is 1. The highest BCUT2D eigenvalue weighted by Gasteiger charge is 2.40. The van der Waals surface area contributed by atoms with E-state index in [1.165, 1.54) is 10.6 Å². The molecule has 0 aliphatic heterocycles. The van der Waals surface area contributed by atoms with Crippen molar-refractivity contribution in [2.45, 2.75) is 19.1 Å². The summed E-state index contributed by atoms with van der Waals surface area (Å²) in [5.41, 5.74) is -0.0533. The number of carbonyl (C=O) groups is 2. The molecule has 8 heteroatoms. The molecule has 0 aliphatic carbocycles. The van der Waals surface area contributed by atoms with E-state index in [2.05, 4.69) is 5.32 Å². The Bertz CT molecular complexity index is 738. The van der Waals surface area contributed by atoms with Crippen molar-refractivity contribution >= 4 is 22.6 Å². The molecular weight excluding hydrogens is 325 g/mol. The number of ketones is 1. The number of nitrogens with zero attached hydrogens (tertiary/aromatic N) is 1. The van der Waals surface area contributed by atoms with Gasteiger partial charge in [0.25, 0.3) is 5.78 Å². The number of aromatic nitrogens is 1. The number of methoxy groups -OCH3 is 1. The topological polar surface area (TPSA) is 60.3 Å². The fraction of sp³-hybridized carbons (Fsp3) is 0.375. The normalized spacial score (nSPS) is 11.7. The molecule has 1 aromatic heterocycles. The van der Waals surface area contributed by atoms with Crippen LogP contribution in [0.15, 0.2) is 30.5 Å². The summed E-state index contributed by atoms with van der Waals surface area (Å²) in [4.78, 5) is 23.5. The summed E-state index contributed by atoms with van der Waals surface area (Å²) in [5.74, 6) is -2.27. The summed E-state index contributed by atoms with van der Waals surface area (Å²) < 4.78 is 44.4. The van der Waals surface area contributed by atoms with Crippen LogP contribution in [0.3, 0.4) is 0 Å². The lowest BCUT2D eigenvalue weighted by Crippen LogP contribution is -2.28. The number of ether oxygens (including phenoxy) is 1. The van der Waals surface area contributed by atoms with E-state index in [9.17, 15) is 22.8 Å². The molecule has 0 unspecified atom stereocenters. The number of fused-ring (bicyclic) bond motifs is 1. The Balaban J connectivity index is 2.22. The van der Waals surface area contributed by atoms with Crippen LogP contribution in [0.1, 0.15) is 16.8 Å². The predicted octanol–water partition coefficient (Wildman–Crippen LogP) is 2.54. The summed E-state index contributed by atoms with van der Waals surface area (Å²) >= 11 is 0. The molecule has 2 rings (SSSR count). The van der Waals surface area contributed by atoms with Crippen molar-refractivity contribution in [3.8, 4) is 0 Å². The number of benzene rings is 1. The number of nitrogens with one attached hydrogen (secondary N) is 1. The Morgan fingerprint density at radius 3 is 2.62 bits per heavy atom. The van der Waals surface area contributed by atoms with Gasteiger partial charge in [0.1, 0.15) is 6.54 Å². The van der Waals surface area contributed by atoms with Crippen molar-refractivity contribution < 1.29 is 27.5 Å². The number of para-hydroxylation sites is 1. The molecule has 2 aromatic rings. The van der Waals surface area contributed by atoms with Crippen LogP contribution in [-0.4, -0.2) is 42.7 Å². The number of hydrogen-bond acceptors (Lipinski definition) is 3. The molecule has 24 heavy (non-hydrogen) atoms. The highest BCUT2D eigenvalue weighted by atomic mass is 19.4. The van der Waals surface area contributed by atoms with Crippen molar-refractivity contribution in [3.05, 3.63) is 36.0 Å². The number of halogens is 3. The maximum absolute atomic E-state index is 12.7. The van der Waals surface area contributed by atoms with Crippen LogP contribution in [0.25, 0.3) is 10.9 Å². The molecule has 0 saturated heterocycles. The van der Waals surface area contributed by atoms with Crippen molar-refractivity contribution in [1.82, 2.24) is 9.88 Å². The molecule has 0 radical (unpaired) electrons. The van der Waals surface area contributed by atoms with E-state index >= 15 is 0 Å². The van der Waals surface area contributed by atoms with E-state index < -0.39 is 17.5 Å². The molecule has 130 valence electrons. The van der Waals surface area contributed by atoms with Crippen molar-refractivity contribution in [2.75, 3.05) is 20.3 Å². The molecule has 1 heterocycles. The van der Waals surface area contributed by atoms with E-state index in [0.29, 0.717) is 25.1 Å². The third kappa shape index (κ3) is 4.14. The molecule has 0 spiro atoms. The average molecular weight is 342 g/mol. The third-order valence-corrected chi connectivity index (χ3v) is 3.45. The highest BCUT2D eigenvalue weighted by Crippen LogP contribution is 2.28. The Kier molecular flexibility index (Phi) is 5.61. The zero-order valence-corrected chi connectivity index (χ0v) is 13.0. The minimum absolute atomic E-state index is 0.168. The van der Waals surface area contributed by atoms with Crippen LogP contribution in [0, 0.1) is 0 Å². The van der Waals surface area contributed by atoms with Gasteiger partial charge in [0.15, 0.2) is 0 Å². The first-order valence-corrected chi connectivity index (χ1v) is 7.29. The standard InChI is InChI=1S/C16H17F3N2O3/c1-24-8-4-7-20-14(22)10-21-9-12(15(23)16(17,18)19)11-5-2-3-6-13(11)21/h2-3,5-6,9H,4,7-8,10H2,1H3,(H,20,22). The third-order valence-electron chi connectivity index (χ3n) is 3.45. The second kappa shape index (κ2) is 7.48. The number of alkyl halides is 3. The first kappa shape index (κ1) is 18.0. The van der Waals surface area contributed by atoms with Gasteiger partial charge >= 0.3 is 6.18 Å². The van der Waals surface area contributed by atoms with Gasteiger partial charge in [-0.3, -0.25) is 9.59 Å². The lowest BCUT2D eigenvalue weighted by Gasteiger charge is -2.07. The van der Waals surface area contributed by atoms with Gasteiger partial charge in [0, 0.05) is 37.4 Å². The van der Waals surface area contributed by atoms with Crippen LogP contribution in [0.4, 0.5) is 13.2 Å². The Hall–Kier alpha value is -2.35. The van der Waals surface area contributed by atoms with Crippen LogP contribution < -0.4 is 5.32 Å². The summed E-state index contributed by atoms with van der Waals surface area (Å²) in [7, 11) is 1.55. The summed E-state index contributed by atoms with van der Waals surface area (Å²) in [6, 6.07) is 6.18. The van der Waals surface area contributed by atoms with Gasteiger partial charge in [-0.05, 0) is 12.5 Å². The van der Waals surface area contributed by atoms with E-state index in [1.807, 2.05) is 0 Å². The molecule has 0 saturated carbocycles. The van der Waals surface area contributed by atoms with Crippen LogP contribution in [0.5, 0.6) is 0 Å². The maximum Gasteiger partial charge on any atom is 0.454 e. The maximum atomic E-state index is 12.7. The Morgan fingerprint density at radius 1 is 1.25 bits per heavy atom. The Morgan fingerprint density at radius 2 is 1.96 bits per heavy atom. The number of amides is 1. The second-order valence-corrected chi connectivity index (χ2v) is 5.21. The number of Topliss-reactive ketones (excluding diaryl/α,β-unsaturated/α-hetero) is 1. The first-order chi connectivity index (χ1) is 11.3. The van der Waals surface area contributed by atoms with Crippen LogP contribution in [0.2, 0.25) is 0 Å².